The van der Waals surface area contributed by atoms with E-state index >= 15 is 0 Å². The molecule has 0 radical (unpaired) electrons. The number of nitrogens with zero attached hydrogens (tertiary/aromatic N) is 1. The Balaban J connectivity index is 3.08. The first-order valence-electron chi connectivity index (χ1n) is 6.20. The van der Waals surface area contributed by atoms with Crippen molar-refractivity contribution in [3.8, 4) is 5.75 Å². The van der Waals surface area contributed by atoms with E-state index < -0.39 is 24.2 Å². The van der Waals surface area contributed by atoms with Crippen molar-refractivity contribution in [1.82, 2.24) is 4.90 Å². The lowest BCUT2D eigenvalue weighted by Crippen LogP contribution is -2.38. The van der Waals surface area contributed by atoms with Crippen molar-refractivity contribution in [1.29, 1.82) is 0 Å². The molecular weight excluding hydrogens is 265 g/mol. The Hall–Kier alpha value is -2.11. The first-order valence-corrected chi connectivity index (χ1v) is 6.20. The molecule has 5 nitrogen and oxygen atoms in total. The second-order valence-electron chi connectivity index (χ2n) is 4.80. The predicted molar refractivity (Wildman–Crippen MR) is 71.3 cm³/mol. The van der Waals surface area contributed by atoms with E-state index in [0.717, 1.165) is 4.90 Å². The molecular formula is C14H18FNO4. The molecule has 0 aliphatic rings. The molecule has 110 valence electrons. The summed E-state index contributed by atoms with van der Waals surface area (Å²) >= 11 is 0. The van der Waals surface area contributed by atoms with Gasteiger partial charge in [0.2, 0.25) is 0 Å². The summed E-state index contributed by atoms with van der Waals surface area (Å²) in [6, 6.07) is 4.20. The van der Waals surface area contributed by atoms with Crippen LogP contribution in [-0.2, 0) is 4.79 Å². The van der Waals surface area contributed by atoms with Crippen molar-refractivity contribution in [2.75, 3.05) is 20.2 Å². The average molecular weight is 283 g/mol. The topological polar surface area (TPSA) is 66.8 Å². The summed E-state index contributed by atoms with van der Waals surface area (Å²) in [6.07, 6.45) is 0. The number of rotatable bonds is 6. The molecule has 0 aromatic heterocycles. The SMILES string of the molecule is COc1cccc(C(=O)N(CC(=O)O)CC(C)C)c1F. The molecule has 6 heteroatoms. The molecule has 0 spiro atoms. The third kappa shape index (κ3) is 3.94. The van der Waals surface area contributed by atoms with Gasteiger partial charge in [0.15, 0.2) is 11.6 Å². The van der Waals surface area contributed by atoms with Gasteiger partial charge >= 0.3 is 5.97 Å². The fourth-order valence-corrected chi connectivity index (χ4v) is 1.83. The number of hydrogen-bond acceptors (Lipinski definition) is 3. The summed E-state index contributed by atoms with van der Waals surface area (Å²) in [5.41, 5.74) is -0.189. The lowest BCUT2D eigenvalue weighted by Gasteiger charge is -2.23. The van der Waals surface area contributed by atoms with Crippen LogP contribution in [0.2, 0.25) is 0 Å². The van der Waals surface area contributed by atoms with Gasteiger partial charge in [0.05, 0.1) is 12.7 Å². The lowest BCUT2D eigenvalue weighted by molar-refractivity contribution is -0.137. The smallest absolute Gasteiger partial charge is 0.323 e. The standard InChI is InChI=1S/C14H18FNO4/c1-9(2)7-16(8-12(17)18)14(19)10-5-4-6-11(20-3)13(10)15/h4-6,9H,7-8H2,1-3H3,(H,17,18). The summed E-state index contributed by atoms with van der Waals surface area (Å²) in [5.74, 6) is -2.54. The number of methoxy groups -OCH3 is 1. The first kappa shape index (κ1) is 15.9. The summed E-state index contributed by atoms with van der Waals surface area (Å²) in [6.45, 7) is 3.48. The molecule has 0 atom stereocenters. The van der Waals surface area contributed by atoms with Gasteiger partial charge in [-0.05, 0) is 18.1 Å². The van der Waals surface area contributed by atoms with Crippen LogP contribution in [-0.4, -0.2) is 42.1 Å². The van der Waals surface area contributed by atoms with Gasteiger partial charge in [-0.2, -0.15) is 0 Å². The van der Waals surface area contributed by atoms with Crippen molar-refractivity contribution in [2.24, 2.45) is 5.92 Å². The van der Waals surface area contributed by atoms with Crippen molar-refractivity contribution in [2.45, 2.75) is 13.8 Å². The van der Waals surface area contributed by atoms with Crippen LogP contribution in [0.5, 0.6) is 5.75 Å². The lowest BCUT2D eigenvalue weighted by atomic mass is 10.1. The Bertz CT molecular complexity index is 502. The van der Waals surface area contributed by atoms with Gasteiger partial charge in [0.25, 0.3) is 5.91 Å². The molecule has 0 aliphatic heterocycles. The Morgan fingerprint density at radius 1 is 1.40 bits per heavy atom. The normalized spacial score (nSPS) is 10.4. The highest BCUT2D eigenvalue weighted by Gasteiger charge is 2.23. The van der Waals surface area contributed by atoms with Crippen LogP contribution in [0, 0.1) is 11.7 Å². The van der Waals surface area contributed by atoms with Crippen molar-refractivity contribution in [3.63, 3.8) is 0 Å². The molecule has 0 unspecified atom stereocenters. The van der Waals surface area contributed by atoms with Crippen molar-refractivity contribution >= 4 is 11.9 Å². The first-order chi connectivity index (χ1) is 9.36. The van der Waals surface area contributed by atoms with E-state index in [2.05, 4.69) is 0 Å². The van der Waals surface area contributed by atoms with Gasteiger partial charge in [-0.1, -0.05) is 19.9 Å². The summed E-state index contributed by atoms with van der Waals surface area (Å²) in [5, 5.41) is 8.85. The van der Waals surface area contributed by atoms with Crippen LogP contribution in [0.15, 0.2) is 18.2 Å². The molecule has 0 heterocycles. The third-order valence-corrected chi connectivity index (χ3v) is 2.61. The minimum Gasteiger partial charge on any atom is -0.494 e. The van der Waals surface area contributed by atoms with E-state index in [4.69, 9.17) is 9.84 Å². The van der Waals surface area contributed by atoms with Crippen LogP contribution in [0.25, 0.3) is 0 Å². The summed E-state index contributed by atoms with van der Waals surface area (Å²) < 4.78 is 18.9. The van der Waals surface area contributed by atoms with Gasteiger partial charge in [0.1, 0.15) is 6.54 Å². The van der Waals surface area contributed by atoms with E-state index in [1.54, 1.807) is 0 Å². The van der Waals surface area contributed by atoms with Crippen LogP contribution in [0.3, 0.4) is 0 Å². The van der Waals surface area contributed by atoms with E-state index in [-0.39, 0.29) is 23.8 Å². The van der Waals surface area contributed by atoms with E-state index in [0.29, 0.717) is 0 Å². The number of carbonyl (C=O) groups is 2. The molecule has 1 amide bonds. The Morgan fingerprint density at radius 2 is 2.05 bits per heavy atom. The second kappa shape index (κ2) is 6.88. The zero-order valence-electron chi connectivity index (χ0n) is 11.7. The summed E-state index contributed by atoms with van der Waals surface area (Å²) in [7, 11) is 1.30. The maximum absolute atomic E-state index is 14.0. The van der Waals surface area contributed by atoms with Gasteiger partial charge in [-0.15, -0.1) is 0 Å². The number of carboxylic acids is 1. The highest BCUT2D eigenvalue weighted by atomic mass is 19.1. The second-order valence-corrected chi connectivity index (χ2v) is 4.80. The number of carbonyl (C=O) groups excluding carboxylic acids is 1. The van der Waals surface area contributed by atoms with E-state index in [9.17, 15) is 14.0 Å². The molecule has 1 rings (SSSR count). The number of amides is 1. The Kier molecular flexibility index (Phi) is 5.49. The fraction of sp³-hybridized carbons (Fsp3) is 0.429. The van der Waals surface area contributed by atoms with Crippen molar-refractivity contribution in [3.05, 3.63) is 29.6 Å². The molecule has 0 saturated heterocycles. The van der Waals surface area contributed by atoms with Crippen LogP contribution >= 0.6 is 0 Å². The molecule has 0 fully saturated rings. The van der Waals surface area contributed by atoms with Gasteiger partial charge in [0, 0.05) is 6.54 Å². The van der Waals surface area contributed by atoms with E-state index in [1.165, 1.54) is 25.3 Å². The Labute approximate surface area is 117 Å². The number of hydrogen-bond donors (Lipinski definition) is 1. The average Bonchev–Trinajstić information content (AvgIpc) is 2.36. The maximum atomic E-state index is 14.0. The molecule has 0 aliphatic carbocycles. The fourth-order valence-electron chi connectivity index (χ4n) is 1.83. The largest absolute Gasteiger partial charge is 0.494 e. The summed E-state index contributed by atoms with van der Waals surface area (Å²) in [4.78, 5) is 24.2. The third-order valence-electron chi connectivity index (χ3n) is 2.61. The molecule has 0 bridgehead atoms. The predicted octanol–water partition coefficient (Wildman–Crippen LogP) is 2.02. The molecule has 1 N–H and O–H groups in total. The highest BCUT2D eigenvalue weighted by molar-refractivity contribution is 5.96. The monoisotopic (exact) mass is 283 g/mol. The minimum atomic E-state index is -1.14. The molecule has 20 heavy (non-hydrogen) atoms. The number of aliphatic carboxylic acids is 1. The van der Waals surface area contributed by atoms with Gasteiger partial charge in [-0.3, -0.25) is 9.59 Å². The number of ether oxygens (including phenoxy) is 1. The minimum absolute atomic E-state index is 0.0457. The van der Waals surface area contributed by atoms with Crippen LogP contribution in [0.4, 0.5) is 4.39 Å². The molecule has 0 saturated carbocycles. The van der Waals surface area contributed by atoms with Crippen molar-refractivity contribution < 1.29 is 23.8 Å². The number of benzene rings is 1. The number of carboxylic acid groups (broad SMARTS) is 1. The van der Waals surface area contributed by atoms with Gasteiger partial charge < -0.3 is 14.7 Å². The maximum Gasteiger partial charge on any atom is 0.323 e. The van der Waals surface area contributed by atoms with Crippen LogP contribution in [0.1, 0.15) is 24.2 Å². The number of halogens is 1. The zero-order chi connectivity index (χ0) is 15.3. The van der Waals surface area contributed by atoms with Gasteiger partial charge in [-0.25, -0.2) is 4.39 Å². The van der Waals surface area contributed by atoms with E-state index in [1.807, 2.05) is 13.8 Å². The Morgan fingerprint density at radius 3 is 2.55 bits per heavy atom. The zero-order valence-corrected chi connectivity index (χ0v) is 11.7. The molecule has 1 aromatic rings. The van der Waals surface area contributed by atoms with Crippen LogP contribution < -0.4 is 4.74 Å². The molecule has 1 aromatic carbocycles. The highest BCUT2D eigenvalue weighted by Crippen LogP contribution is 2.21. The quantitative estimate of drug-likeness (QED) is 0.867.